The summed E-state index contributed by atoms with van der Waals surface area (Å²) in [5.41, 5.74) is 0. The van der Waals surface area contributed by atoms with Crippen molar-refractivity contribution < 1.29 is 31.2 Å². The van der Waals surface area contributed by atoms with Crippen LogP contribution in [0.25, 0.3) is 0 Å². The SMILES string of the molecule is COP(=O)(OCC(F)(F)F)c1ccccc1F. The van der Waals surface area contributed by atoms with E-state index in [2.05, 4.69) is 9.05 Å². The second-order valence-corrected chi connectivity index (χ2v) is 5.12. The molecule has 0 aliphatic heterocycles. The van der Waals surface area contributed by atoms with E-state index in [4.69, 9.17) is 0 Å². The summed E-state index contributed by atoms with van der Waals surface area (Å²) in [6, 6.07) is 4.64. The zero-order chi connectivity index (χ0) is 13.1. The Balaban J connectivity index is 2.97. The molecule has 1 aromatic rings. The van der Waals surface area contributed by atoms with Crippen molar-refractivity contribution in [2.75, 3.05) is 13.7 Å². The Morgan fingerprint density at radius 2 is 1.88 bits per heavy atom. The molecule has 1 atom stereocenters. The van der Waals surface area contributed by atoms with Crippen LogP contribution >= 0.6 is 7.60 Å². The van der Waals surface area contributed by atoms with Gasteiger partial charge in [0.15, 0.2) is 6.61 Å². The van der Waals surface area contributed by atoms with Gasteiger partial charge in [-0.3, -0.25) is 9.09 Å². The van der Waals surface area contributed by atoms with Gasteiger partial charge in [-0.25, -0.2) is 4.39 Å². The van der Waals surface area contributed by atoms with E-state index in [1.807, 2.05) is 0 Å². The lowest BCUT2D eigenvalue weighted by molar-refractivity contribution is -0.154. The van der Waals surface area contributed by atoms with Crippen LogP contribution in [0.1, 0.15) is 0 Å². The van der Waals surface area contributed by atoms with Gasteiger partial charge in [0.2, 0.25) is 0 Å². The van der Waals surface area contributed by atoms with E-state index in [-0.39, 0.29) is 0 Å². The van der Waals surface area contributed by atoms with Crippen LogP contribution in [0.5, 0.6) is 0 Å². The summed E-state index contributed by atoms with van der Waals surface area (Å²) >= 11 is 0. The number of hydrogen-bond acceptors (Lipinski definition) is 3. The molecule has 0 aliphatic rings. The van der Waals surface area contributed by atoms with Crippen molar-refractivity contribution in [2.24, 2.45) is 0 Å². The molecule has 0 fully saturated rings. The van der Waals surface area contributed by atoms with Crippen molar-refractivity contribution in [3.8, 4) is 0 Å². The number of benzene rings is 1. The summed E-state index contributed by atoms with van der Waals surface area (Å²) in [4.78, 5) is 0. The minimum atomic E-state index is -4.67. The smallest absolute Gasteiger partial charge is 0.308 e. The standard InChI is InChI=1S/C9H9F4O3P/c1-15-17(14,16-6-9(11,12)13)8-5-3-2-4-7(8)10/h2-5H,6H2,1H3. The van der Waals surface area contributed by atoms with Gasteiger partial charge in [-0.05, 0) is 12.1 Å². The summed E-state index contributed by atoms with van der Waals surface area (Å²) in [6.07, 6.45) is -4.67. The van der Waals surface area contributed by atoms with Crippen LogP contribution in [0.3, 0.4) is 0 Å². The third-order valence-corrected chi connectivity index (χ3v) is 3.69. The highest BCUT2D eigenvalue weighted by atomic mass is 31.2. The highest BCUT2D eigenvalue weighted by molar-refractivity contribution is 7.62. The van der Waals surface area contributed by atoms with Crippen LogP contribution < -0.4 is 5.30 Å². The molecule has 96 valence electrons. The molecule has 0 saturated heterocycles. The monoisotopic (exact) mass is 272 g/mol. The molecule has 0 N–H and O–H groups in total. The first-order valence-corrected chi connectivity index (χ1v) is 5.95. The van der Waals surface area contributed by atoms with E-state index in [0.717, 1.165) is 19.2 Å². The van der Waals surface area contributed by atoms with Crippen LogP contribution in [0, 0.1) is 5.82 Å². The fraction of sp³-hybridized carbons (Fsp3) is 0.333. The van der Waals surface area contributed by atoms with Gasteiger partial charge in [0.1, 0.15) is 5.82 Å². The lowest BCUT2D eigenvalue weighted by Crippen LogP contribution is -2.20. The van der Waals surface area contributed by atoms with Gasteiger partial charge in [-0.15, -0.1) is 0 Å². The van der Waals surface area contributed by atoms with Crippen molar-refractivity contribution in [3.63, 3.8) is 0 Å². The molecular weight excluding hydrogens is 263 g/mol. The van der Waals surface area contributed by atoms with Crippen molar-refractivity contribution in [1.82, 2.24) is 0 Å². The molecular formula is C9H9F4O3P. The molecule has 1 unspecified atom stereocenters. The molecule has 0 amide bonds. The minimum absolute atomic E-state index is 0.522. The fourth-order valence-corrected chi connectivity index (χ4v) is 2.41. The first kappa shape index (κ1) is 14.2. The Bertz CT molecular complexity index is 432. The Morgan fingerprint density at radius 3 is 2.35 bits per heavy atom. The number of halogens is 4. The lowest BCUT2D eigenvalue weighted by atomic mass is 10.3. The number of alkyl halides is 3. The first-order valence-electron chi connectivity index (χ1n) is 4.41. The summed E-state index contributed by atoms with van der Waals surface area (Å²) in [6.45, 7) is -1.77. The molecule has 17 heavy (non-hydrogen) atoms. The van der Waals surface area contributed by atoms with Crippen molar-refractivity contribution >= 4 is 12.9 Å². The van der Waals surface area contributed by atoms with Crippen molar-refractivity contribution in [3.05, 3.63) is 30.1 Å². The fourth-order valence-electron chi connectivity index (χ4n) is 1.05. The molecule has 0 bridgehead atoms. The van der Waals surface area contributed by atoms with Gasteiger partial charge in [0, 0.05) is 7.11 Å². The number of hydrogen-bond donors (Lipinski definition) is 0. The molecule has 8 heteroatoms. The summed E-state index contributed by atoms with van der Waals surface area (Å²) in [5, 5.41) is -0.522. The molecule has 0 aliphatic carbocycles. The highest BCUT2D eigenvalue weighted by Gasteiger charge is 2.36. The van der Waals surface area contributed by atoms with Gasteiger partial charge < -0.3 is 4.52 Å². The summed E-state index contributed by atoms with van der Waals surface area (Å²) in [7, 11) is -3.39. The van der Waals surface area contributed by atoms with E-state index in [1.54, 1.807) is 0 Å². The van der Waals surface area contributed by atoms with Crippen LogP contribution in [0.15, 0.2) is 24.3 Å². The predicted octanol–water partition coefficient (Wildman–Crippen LogP) is 2.87. The molecule has 1 aromatic carbocycles. The zero-order valence-electron chi connectivity index (χ0n) is 8.70. The Hall–Kier alpha value is -0.910. The molecule has 3 nitrogen and oxygen atoms in total. The van der Waals surface area contributed by atoms with Crippen LogP contribution in [0.4, 0.5) is 17.6 Å². The minimum Gasteiger partial charge on any atom is -0.308 e. The second kappa shape index (κ2) is 5.16. The van der Waals surface area contributed by atoms with E-state index >= 15 is 0 Å². The van der Waals surface area contributed by atoms with Gasteiger partial charge >= 0.3 is 13.8 Å². The Labute approximate surface area is 94.9 Å². The van der Waals surface area contributed by atoms with Crippen LogP contribution in [-0.4, -0.2) is 19.9 Å². The van der Waals surface area contributed by atoms with Gasteiger partial charge in [-0.1, -0.05) is 12.1 Å². The maximum absolute atomic E-state index is 13.3. The van der Waals surface area contributed by atoms with Gasteiger partial charge in [0.05, 0.1) is 5.30 Å². The van der Waals surface area contributed by atoms with Crippen molar-refractivity contribution in [2.45, 2.75) is 6.18 Å². The summed E-state index contributed by atoms with van der Waals surface area (Å²) < 4.78 is 69.5. The molecule has 1 rings (SSSR count). The average Bonchev–Trinajstić information content (AvgIpc) is 2.26. The van der Waals surface area contributed by atoms with Crippen LogP contribution in [0.2, 0.25) is 0 Å². The zero-order valence-corrected chi connectivity index (χ0v) is 9.59. The second-order valence-electron chi connectivity index (χ2n) is 3.02. The van der Waals surface area contributed by atoms with Crippen molar-refractivity contribution in [1.29, 1.82) is 0 Å². The summed E-state index contributed by atoms with van der Waals surface area (Å²) in [5.74, 6) is -0.945. The van der Waals surface area contributed by atoms with Gasteiger partial charge in [0.25, 0.3) is 0 Å². The quantitative estimate of drug-likeness (QED) is 0.624. The van der Waals surface area contributed by atoms with E-state index in [0.29, 0.717) is 0 Å². The Kier molecular flexibility index (Phi) is 4.30. The average molecular weight is 272 g/mol. The van der Waals surface area contributed by atoms with E-state index in [9.17, 15) is 22.1 Å². The first-order chi connectivity index (χ1) is 7.78. The predicted molar refractivity (Wildman–Crippen MR) is 52.7 cm³/mol. The highest BCUT2D eigenvalue weighted by Crippen LogP contribution is 2.47. The molecule has 0 aromatic heterocycles. The third-order valence-electron chi connectivity index (χ3n) is 1.79. The molecule has 0 heterocycles. The molecule has 0 spiro atoms. The van der Waals surface area contributed by atoms with Gasteiger partial charge in [-0.2, -0.15) is 13.2 Å². The van der Waals surface area contributed by atoms with Crippen LogP contribution in [-0.2, 0) is 13.6 Å². The number of rotatable bonds is 4. The lowest BCUT2D eigenvalue weighted by Gasteiger charge is -2.17. The maximum Gasteiger partial charge on any atom is 0.412 e. The third kappa shape index (κ3) is 3.80. The largest absolute Gasteiger partial charge is 0.412 e. The van der Waals surface area contributed by atoms with E-state index in [1.165, 1.54) is 12.1 Å². The molecule has 0 radical (unpaired) electrons. The van der Waals surface area contributed by atoms with E-state index < -0.39 is 31.5 Å². The maximum atomic E-state index is 13.3. The Morgan fingerprint density at radius 1 is 1.29 bits per heavy atom. The molecule has 0 saturated carbocycles. The topological polar surface area (TPSA) is 35.5 Å². The normalized spacial score (nSPS) is 15.6.